The fourth-order valence-electron chi connectivity index (χ4n) is 1.42. The molecule has 5 nitrogen and oxygen atoms in total. The molecule has 2 heterocycles. The molecular weight excluding hydrogens is 158 g/mol. The van der Waals surface area contributed by atoms with Gasteiger partial charge in [0, 0.05) is 5.56 Å². The van der Waals surface area contributed by atoms with Crippen LogP contribution >= 0.6 is 0 Å². The smallest absolute Gasteiger partial charge is 0.407 e. The highest BCUT2D eigenvalue weighted by Crippen LogP contribution is 2.22. The summed E-state index contributed by atoms with van der Waals surface area (Å²) in [6.07, 6.45) is -0.876. The van der Waals surface area contributed by atoms with E-state index in [0.29, 0.717) is 13.1 Å². The Morgan fingerprint density at radius 2 is 2.42 bits per heavy atom. The van der Waals surface area contributed by atoms with Crippen LogP contribution in [-0.2, 0) is 13.1 Å². The lowest BCUT2D eigenvalue weighted by Crippen LogP contribution is -2.23. The molecule has 1 aromatic rings. The van der Waals surface area contributed by atoms with E-state index >= 15 is 0 Å². The number of aromatic amines is 1. The number of nitrogens with one attached hydrogen (secondary N) is 1. The molecule has 0 fully saturated rings. The van der Waals surface area contributed by atoms with Gasteiger partial charge in [0.1, 0.15) is 0 Å². The number of H-pyrrole nitrogens is 1. The number of hydrogen-bond donors (Lipinski definition) is 2. The lowest BCUT2D eigenvalue weighted by atomic mass is 10.2. The van der Waals surface area contributed by atoms with E-state index in [2.05, 4.69) is 10.2 Å². The molecule has 12 heavy (non-hydrogen) atoms. The molecule has 2 rings (SSSR count). The predicted octanol–water partition coefficient (Wildman–Crippen LogP) is 0.712. The molecule has 0 bridgehead atoms. The minimum atomic E-state index is -0.876. The van der Waals surface area contributed by atoms with Gasteiger partial charge >= 0.3 is 6.09 Å². The minimum Gasteiger partial charge on any atom is -0.465 e. The van der Waals surface area contributed by atoms with Crippen LogP contribution in [0.15, 0.2) is 0 Å². The molecule has 1 aliphatic heterocycles. The van der Waals surface area contributed by atoms with E-state index in [-0.39, 0.29) is 0 Å². The fraction of sp³-hybridized carbons (Fsp3) is 0.429. The summed E-state index contributed by atoms with van der Waals surface area (Å²) in [6, 6.07) is 0. The van der Waals surface area contributed by atoms with E-state index in [1.165, 1.54) is 4.90 Å². The molecule has 0 spiro atoms. The van der Waals surface area contributed by atoms with E-state index in [0.717, 1.165) is 17.0 Å². The normalized spacial score (nSPS) is 14.9. The number of hydrogen-bond acceptors (Lipinski definition) is 2. The van der Waals surface area contributed by atoms with Gasteiger partial charge in [0.05, 0.1) is 24.5 Å². The Bertz CT molecular complexity index is 331. The molecule has 1 aliphatic rings. The van der Waals surface area contributed by atoms with Crippen molar-refractivity contribution in [2.45, 2.75) is 20.0 Å². The van der Waals surface area contributed by atoms with E-state index in [4.69, 9.17) is 5.11 Å². The van der Waals surface area contributed by atoms with E-state index in [1.54, 1.807) is 0 Å². The van der Waals surface area contributed by atoms with E-state index < -0.39 is 6.09 Å². The zero-order valence-corrected chi connectivity index (χ0v) is 6.66. The number of fused-ring (bicyclic) bond motifs is 1. The first-order chi connectivity index (χ1) is 5.68. The van der Waals surface area contributed by atoms with Gasteiger partial charge in [-0.05, 0) is 6.92 Å². The molecular formula is C7H9N3O2. The molecule has 0 saturated carbocycles. The van der Waals surface area contributed by atoms with Crippen LogP contribution in [0.3, 0.4) is 0 Å². The van der Waals surface area contributed by atoms with Crippen molar-refractivity contribution in [1.82, 2.24) is 15.1 Å². The molecule has 0 atom stereocenters. The van der Waals surface area contributed by atoms with Crippen molar-refractivity contribution < 1.29 is 9.90 Å². The lowest BCUT2D eigenvalue weighted by Gasteiger charge is -2.09. The first-order valence-electron chi connectivity index (χ1n) is 3.69. The van der Waals surface area contributed by atoms with Gasteiger partial charge in [-0.3, -0.25) is 10.00 Å². The van der Waals surface area contributed by atoms with Gasteiger partial charge in [-0.25, -0.2) is 4.79 Å². The Morgan fingerprint density at radius 3 is 3.00 bits per heavy atom. The third-order valence-electron chi connectivity index (χ3n) is 2.13. The molecule has 0 unspecified atom stereocenters. The van der Waals surface area contributed by atoms with Gasteiger partial charge in [-0.1, -0.05) is 0 Å². The summed E-state index contributed by atoms with van der Waals surface area (Å²) in [5, 5.41) is 15.5. The van der Waals surface area contributed by atoms with Crippen molar-refractivity contribution in [2.24, 2.45) is 0 Å². The quantitative estimate of drug-likeness (QED) is 0.598. The van der Waals surface area contributed by atoms with Gasteiger partial charge in [0.2, 0.25) is 0 Å². The zero-order valence-electron chi connectivity index (χ0n) is 6.66. The van der Waals surface area contributed by atoms with Crippen molar-refractivity contribution in [3.05, 3.63) is 17.0 Å². The summed E-state index contributed by atoms with van der Waals surface area (Å²) >= 11 is 0. The summed E-state index contributed by atoms with van der Waals surface area (Å²) in [7, 11) is 0. The predicted molar refractivity (Wildman–Crippen MR) is 40.6 cm³/mol. The van der Waals surface area contributed by atoms with Crippen LogP contribution in [0.4, 0.5) is 4.79 Å². The summed E-state index contributed by atoms with van der Waals surface area (Å²) in [5.41, 5.74) is 2.85. The zero-order chi connectivity index (χ0) is 8.72. The number of aryl methyl sites for hydroxylation is 1. The minimum absolute atomic E-state index is 0.436. The van der Waals surface area contributed by atoms with Crippen LogP contribution in [0.1, 0.15) is 17.0 Å². The highest BCUT2D eigenvalue weighted by Gasteiger charge is 2.25. The summed E-state index contributed by atoms with van der Waals surface area (Å²) in [4.78, 5) is 11.9. The molecule has 1 amide bonds. The highest BCUT2D eigenvalue weighted by molar-refractivity contribution is 5.66. The van der Waals surface area contributed by atoms with Crippen LogP contribution < -0.4 is 0 Å². The molecule has 1 aromatic heterocycles. The van der Waals surface area contributed by atoms with Crippen LogP contribution in [0.2, 0.25) is 0 Å². The molecule has 0 aromatic carbocycles. The summed E-state index contributed by atoms with van der Waals surface area (Å²) in [6.45, 7) is 2.78. The maximum absolute atomic E-state index is 10.6. The number of amides is 1. The van der Waals surface area contributed by atoms with Crippen LogP contribution in [0.5, 0.6) is 0 Å². The Balaban J connectivity index is 2.28. The van der Waals surface area contributed by atoms with Crippen molar-refractivity contribution >= 4 is 6.09 Å². The van der Waals surface area contributed by atoms with Gasteiger partial charge in [0.15, 0.2) is 0 Å². The highest BCUT2D eigenvalue weighted by atomic mass is 16.4. The van der Waals surface area contributed by atoms with Crippen LogP contribution in [0, 0.1) is 6.92 Å². The van der Waals surface area contributed by atoms with Crippen molar-refractivity contribution in [3.8, 4) is 0 Å². The largest absolute Gasteiger partial charge is 0.465 e. The molecule has 2 N–H and O–H groups in total. The molecule has 0 radical (unpaired) electrons. The lowest BCUT2D eigenvalue weighted by molar-refractivity contribution is 0.144. The third kappa shape index (κ3) is 0.861. The van der Waals surface area contributed by atoms with Crippen molar-refractivity contribution in [1.29, 1.82) is 0 Å². The van der Waals surface area contributed by atoms with Gasteiger partial charge in [0.25, 0.3) is 0 Å². The third-order valence-corrected chi connectivity index (χ3v) is 2.13. The number of nitrogens with zero attached hydrogens (tertiary/aromatic N) is 2. The van der Waals surface area contributed by atoms with Crippen molar-refractivity contribution in [2.75, 3.05) is 0 Å². The number of rotatable bonds is 0. The second-order valence-electron chi connectivity index (χ2n) is 2.90. The molecule has 5 heteroatoms. The van der Waals surface area contributed by atoms with Crippen LogP contribution in [-0.4, -0.2) is 26.3 Å². The van der Waals surface area contributed by atoms with Crippen molar-refractivity contribution in [3.63, 3.8) is 0 Å². The standard InChI is InChI=1S/C7H9N3O2/c1-4-5-2-10(7(11)12)3-6(5)9-8-4/h2-3H2,1H3,(H,8,9)(H,11,12). The SMILES string of the molecule is Cc1n[nH]c2c1CN(C(=O)O)C2. The maximum atomic E-state index is 10.6. The number of aromatic nitrogens is 2. The second kappa shape index (κ2) is 2.23. The Kier molecular flexibility index (Phi) is 1.33. The van der Waals surface area contributed by atoms with E-state index in [9.17, 15) is 4.79 Å². The molecule has 0 aliphatic carbocycles. The monoisotopic (exact) mass is 167 g/mol. The van der Waals surface area contributed by atoms with E-state index in [1.807, 2.05) is 6.92 Å². The fourth-order valence-corrected chi connectivity index (χ4v) is 1.42. The average Bonchev–Trinajstić information content (AvgIpc) is 2.53. The number of carbonyl (C=O) groups is 1. The number of carboxylic acid groups (broad SMARTS) is 1. The maximum Gasteiger partial charge on any atom is 0.407 e. The Labute approximate surface area is 69.0 Å². The first kappa shape index (κ1) is 7.15. The average molecular weight is 167 g/mol. The Morgan fingerprint density at radius 1 is 1.67 bits per heavy atom. The topological polar surface area (TPSA) is 69.2 Å². The first-order valence-corrected chi connectivity index (χ1v) is 3.69. The Hall–Kier alpha value is -1.52. The van der Waals surface area contributed by atoms with Gasteiger partial charge in [-0.15, -0.1) is 0 Å². The summed E-state index contributed by atoms with van der Waals surface area (Å²) < 4.78 is 0. The van der Waals surface area contributed by atoms with Gasteiger partial charge < -0.3 is 5.11 Å². The second-order valence-corrected chi connectivity index (χ2v) is 2.90. The summed E-state index contributed by atoms with van der Waals surface area (Å²) in [5.74, 6) is 0. The molecule has 0 saturated heterocycles. The van der Waals surface area contributed by atoms with Gasteiger partial charge in [-0.2, -0.15) is 5.10 Å². The van der Waals surface area contributed by atoms with Crippen LogP contribution in [0.25, 0.3) is 0 Å². The molecule has 64 valence electrons.